The van der Waals surface area contributed by atoms with Crippen LogP contribution >= 0.6 is 11.2 Å². The summed E-state index contributed by atoms with van der Waals surface area (Å²) in [6.07, 6.45) is 0. The van der Waals surface area contributed by atoms with Gasteiger partial charge < -0.3 is 9.87 Å². The molecule has 0 radical (unpaired) electrons. The van der Waals surface area contributed by atoms with E-state index in [0.717, 1.165) is 24.6 Å². The Hall–Kier alpha value is 0.270. The van der Waals surface area contributed by atoms with Crippen molar-refractivity contribution in [1.82, 2.24) is 5.32 Å². The molecule has 7 heavy (non-hydrogen) atoms. The topological polar surface area (TPSA) is 32.3 Å². The van der Waals surface area contributed by atoms with Gasteiger partial charge in [0.05, 0.1) is 0 Å². The second-order valence-corrected chi connectivity index (χ2v) is 3.61. The van der Waals surface area contributed by atoms with Crippen LogP contribution in [0, 0.1) is 0 Å². The van der Waals surface area contributed by atoms with Crippen molar-refractivity contribution < 1.29 is 4.55 Å². The lowest BCUT2D eigenvalue weighted by molar-refractivity contribution is 0.619. The molecular formula is C4H11NOS. The van der Waals surface area contributed by atoms with Gasteiger partial charge in [0.2, 0.25) is 0 Å². The fourth-order valence-corrected chi connectivity index (χ4v) is 1.71. The fraction of sp³-hybridized carbons (Fsp3) is 1.00. The third-order valence-corrected chi connectivity index (χ3v) is 2.57. The molecule has 1 heterocycles. The molecule has 1 aliphatic heterocycles. The summed E-state index contributed by atoms with van der Waals surface area (Å²) in [5.74, 6) is 1.99. The molecule has 0 aromatic rings. The average molecular weight is 121 g/mol. The van der Waals surface area contributed by atoms with Crippen molar-refractivity contribution >= 4 is 11.2 Å². The Kier molecular flexibility index (Phi) is 1.97. The van der Waals surface area contributed by atoms with E-state index in [1.165, 1.54) is 0 Å². The smallest absolute Gasteiger partial charge is 0.00877 e. The van der Waals surface area contributed by atoms with Crippen LogP contribution in [-0.2, 0) is 0 Å². The summed E-state index contributed by atoms with van der Waals surface area (Å²) in [5, 5.41) is 3.17. The highest BCUT2D eigenvalue weighted by Gasteiger charge is 2.02. The molecule has 0 unspecified atom stereocenters. The molecule has 1 saturated heterocycles. The van der Waals surface area contributed by atoms with Gasteiger partial charge in [-0.3, -0.25) is 0 Å². The van der Waals surface area contributed by atoms with E-state index in [0.29, 0.717) is 0 Å². The molecule has 0 amide bonds. The molecule has 1 aliphatic rings. The molecule has 2 N–H and O–H groups in total. The van der Waals surface area contributed by atoms with E-state index < -0.39 is 11.2 Å². The second-order valence-electron chi connectivity index (χ2n) is 1.70. The van der Waals surface area contributed by atoms with Crippen molar-refractivity contribution in [2.75, 3.05) is 24.6 Å². The predicted octanol–water partition coefficient (Wildman–Crippen LogP) is 0.0638. The van der Waals surface area contributed by atoms with Crippen molar-refractivity contribution in [2.45, 2.75) is 0 Å². The third kappa shape index (κ3) is 1.67. The Morgan fingerprint density at radius 1 is 1.29 bits per heavy atom. The van der Waals surface area contributed by atoms with Gasteiger partial charge in [-0.25, -0.2) is 0 Å². The van der Waals surface area contributed by atoms with E-state index >= 15 is 0 Å². The zero-order valence-corrected chi connectivity index (χ0v) is 5.12. The summed E-state index contributed by atoms with van der Waals surface area (Å²) < 4.78 is 8.93. The third-order valence-electron chi connectivity index (χ3n) is 1.09. The van der Waals surface area contributed by atoms with Crippen LogP contribution in [0.5, 0.6) is 0 Å². The monoisotopic (exact) mass is 121 g/mol. The van der Waals surface area contributed by atoms with E-state index in [1.807, 2.05) is 0 Å². The van der Waals surface area contributed by atoms with Gasteiger partial charge in [-0.15, -0.1) is 11.2 Å². The summed E-state index contributed by atoms with van der Waals surface area (Å²) >= 11 is -0.554. The van der Waals surface area contributed by atoms with Gasteiger partial charge in [-0.1, -0.05) is 0 Å². The lowest BCUT2D eigenvalue weighted by Crippen LogP contribution is -2.28. The zero-order valence-electron chi connectivity index (χ0n) is 4.22. The molecule has 0 aromatic heterocycles. The molecule has 1 fully saturated rings. The summed E-state index contributed by atoms with van der Waals surface area (Å²) in [6.45, 7) is 2.03. The van der Waals surface area contributed by atoms with E-state index in [4.69, 9.17) is 4.55 Å². The molecule has 0 saturated carbocycles. The largest absolute Gasteiger partial charge is 0.354 e. The summed E-state index contributed by atoms with van der Waals surface area (Å²) in [6, 6.07) is 0. The molecule has 3 heteroatoms. The number of hydrogen-bond donors (Lipinski definition) is 3. The van der Waals surface area contributed by atoms with Crippen LogP contribution in [0.25, 0.3) is 0 Å². The molecule has 0 aliphatic carbocycles. The van der Waals surface area contributed by atoms with E-state index in [9.17, 15) is 0 Å². The highest BCUT2D eigenvalue weighted by molar-refractivity contribution is 8.12. The highest BCUT2D eigenvalue weighted by Crippen LogP contribution is 2.18. The SMILES string of the molecule is O[SH]1CCNCC1. The van der Waals surface area contributed by atoms with Crippen molar-refractivity contribution in [3.05, 3.63) is 0 Å². The molecule has 0 spiro atoms. The fourth-order valence-electron chi connectivity index (χ4n) is 0.653. The Labute approximate surface area is 46.5 Å². The van der Waals surface area contributed by atoms with Gasteiger partial charge in [-0.05, 0) is 0 Å². The van der Waals surface area contributed by atoms with Crippen LogP contribution in [0.3, 0.4) is 0 Å². The standard InChI is InChI=1S/C4H11NOS/c6-7-3-1-5-2-4-7/h5-7H,1-4H2. The molecule has 1 rings (SSSR count). The Bertz CT molecular complexity index is 53.7. The van der Waals surface area contributed by atoms with Crippen molar-refractivity contribution in [3.8, 4) is 0 Å². The van der Waals surface area contributed by atoms with Gasteiger partial charge in [0.1, 0.15) is 0 Å². The van der Waals surface area contributed by atoms with Gasteiger partial charge in [0, 0.05) is 24.6 Å². The number of nitrogens with one attached hydrogen (secondary N) is 1. The number of rotatable bonds is 0. The highest BCUT2D eigenvalue weighted by atomic mass is 32.2. The van der Waals surface area contributed by atoms with Crippen LogP contribution in [0.1, 0.15) is 0 Å². The van der Waals surface area contributed by atoms with Crippen LogP contribution in [0.2, 0.25) is 0 Å². The van der Waals surface area contributed by atoms with Crippen molar-refractivity contribution in [1.29, 1.82) is 0 Å². The Morgan fingerprint density at radius 2 is 1.86 bits per heavy atom. The summed E-state index contributed by atoms with van der Waals surface area (Å²) in [7, 11) is 0. The predicted molar refractivity (Wildman–Crippen MR) is 34.2 cm³/mol. The Balaban J connectivity index is 2.12. The number of thiol groups is 1. The summed E-state index contributed by atoms with van der Waals surface area (Å²) in [4.78, 5) is 0. The van der Waals surface area contributed by atoms with Gasteiger partial charge in [0.25, 0.3) is 0 Å². The van der Waals surface area contributed by atoms with Crippen LogP contribution in [-0.4, -0.2) is 29.1 Å². The average Bonchev–Trinajstić information content (AvgIpc) is 1.69. The van der Waals surface area contributed by atoms with E-state index in [1.54, 1.807) is 0 Å². The molecule has 44 valence electrons. The summed E-state index contributed by atoms with van der Waals surface area (Å²) in [5.41, 5.74) is 0. The molecule has 2 nitrogen and oxygen atoms in total. The number of hydrogen-bond acceptors (Lipinski definition) is 2. The van der Waals surface area contributed by atoms with Crippen molar-refractivity contribution in [3.63, 3.8) is 0 Å². The quantitative estimate of drug-likeness (QED) is 0.396. The van der Waals surface area contributed by atoms with Crippen molar-refractivity contribution in [2.24, 2.45) is 0 Å². The molecule has 0 atom stereocenters. The minimum Gasteiger partial charge on any atom is -0.354 e. The zero-order chi connectivity index (χ0) is 5.11. The second kappa shape index (κ2) is 2.55. The molecule has 0 aromatic carbocycles. The lowest BCUT2D eigenvalue weighted by Gasteiger charge is -2.20. The first-order chi connectivity index (χ1) is 3.39. The molecular weight excluding hydrogens is 110 g/mol. The maximum atomic E-state index is 8.93. The van der Waals surface area contributed by atoms with E-state index in [2.05, 4.69) is 5.32 Å². The van der Waals surface area contributed by atoms with Crippen LogP contribution in [0.4, 0.5) is 0 Å². The first-order valence-corrected chi connectivity index (χ1v) is 4.20. The first kappa shape index (κ1) is 5.41. The maximum Gasteiger partial charge on any atom is 0.00877 e. The van der Waals surface area contributed by atoms with Crippen LogP contribution in [0.15, 0.2) is 0 Å². The molecule has 0 bridgehead atoms. The first-order valence-electron chi connectivity index (χ1n) is 2.54. The van der Waals surface area contributed by atoms with E-state index in [-0.39, 0.29) is 0 Å². The van der Waals surface area contributed by atoms with Crippen LogP contribution < -0.4 is 5.32 Å². The minimum atomic E-state index is -0.554. The lowest BCUT2D eigenvalue weighted by atomic mass is 10.6. The van der Waals surface area contributed by atoms with Gasteiger partial charge >= 0.3 is 0 Å². The minimum absolute atomic E-state index is 0.554. The Morgan fingerprint density at radius 3 is 2.14 bits per heavy atom. The van der Waals surface area contributed by atoms with Gasteiger partial charge in [0.15, 0.2) is 0 Å². The normalized spacial score (nSPS) is 27.9. The van der Waals surface area contributed by atoms with Gasteiger partial charge in [-0.2, -0.15) is 0 Å². The maximum absolute atomic E-state index is 8.93.